The number of hydrogen-bond donors (Lipinski definition) is 2. The van der Waals surface area contributed by atoms with Gasteiger partial charge in [0.05, 0.1) is 0 Å². The normalized spacial score (nSPS) is 22.8. The van der Waals surface area contributed by atoms with E-state index in [9.17, 15) is 8.42 Å². The van der Waals surface area contributed by atoms with Crippen molar-refractivity contribution in [2.45, 2.75) is 49.9 Å². The first-order valence-corrected chi connectivity index (χ1v) is 8.91. The van der Waals surface area contributed by atoms with E-state index in [0.717, 1.165) is 24.1 Å². The van der Waals surface area contributed by atoms with Crippen molar-refractivity contribution in [3.63, 3.8) is 0 Å². The van der Waals surface area contributed by atoms with Gasteiger partial charge in [0.15, 0.2) is 0 Å². The Morgan fingerprint density at radius 3 is 2.74 bits per heavy atom. The van der Waals surface area contributed by atoms with Gasteiger partial charge in [0.1, 0.15) is 4.21 Å². The zero-order valence-corrected chi connectivity index (χ0v) is 13.3. The quantitative estimate of drug-likeness (QED) is 0.877. The number of hydrogen-bond acceptors (Lipinski definition) is 4. The minimum atomic E-state index is -3.37. The van der Waals surface area contributed by atoms with Gasteiger partial charge in [-0.25, -0.2) is 13.1 Å². The van der Waals surface area contributed by atoms with Crippen LogP contribution in [0.15, 0.2) is 16.3 Å². The number of thiophene rings is 1. The van der Waals surface area contributed by atoms with Crippen molar-refractivity contribution in [3.8, 4) is 0 Å². The molecule has 1 saturated carbocycles. The van der Waals surface area contributed by atoms with E-state index in [4.69, 9.17) is 0 Å². The third kappa shape index (κ3) is 3.37. The largest absolute Gasteiger partial charge is 0.315 e. The predicted molar refractivity (Wildman–Crippen MR) is 78.8 cm³/mol. The molecule has 0 amide bonds. The van der Waals surface area contributed by atoms with Crippen LogP contribution in [0.3, 0.4) is 0 Å². The molecule has 1 aliphatic carbocycles. The lowest BCUT2D eigenvalue weighted by molar-refractivity contribution is 0.313. The molecular weight excluding hydrogens is 280 g/mol. The average Bonchev–Trinajstić information content (AvgIpc) is 2.88. The molecule has 1 aromatic rings. The standard InChI is InChI=1S/C13H22N2O2S2/c1-13(2)8-4-5-11(13)15-19(16,17)12-7-6-10(18-12)9-14-3/h6-7,11,14-15H,4-5,8-9H2,1-3H3. The van der Waals surface area contributed by atoms with E-state index in [-0.39, 0.29) is 11.5 Å². The lowest BCUT2D eigenvalue weighted by Gasteiger charge is -2.27. The lowest BCUT2D eigenvalue weighted by Crippen LogP contribution is -2.41. The minimum Gasteiger partial charge on any atom is -0.315 e. The first-order chi connectivity index (χ1) is 8.85. The minimum absolute atomic E-state index is 0.0485. The average molecular weight is 302 g/mol. The van der Waals surface area contributed by atoms with E-state index < -0.39 is 10.0 Å². The summed E-state index contributed by atoms with van der Waals surface area (Å²) in [6.07, 6.45) is 3.10. The van der Waals surface area contributed by atoms with Crippen molar-refractivity contribution < 1.29 is 8.42 Å². The molecule has 0 radical (unpaired) electrons. The van der Waals surface area contributed by atoms with Gasteiger partial charge in [0, 0.05) is 17.5 Å². The summed E-state index contributed by atoms with van der Waals surface area (Å²) >= 11 is 1.33. The molecule has 1 heterocycles. The molecule has 0 saturated heterocycles. The van der Waals surface area contributed by atoms with E-state index >= 15 is 0 Å². The third-order valence-electron chi connectivity index (χ3n) is 3.81. The summed E-state index contributed by atoms with van der Waals surface area (Å²) in [5.41, 5.74) is 0.0537. The van der Waals surface area contributed by atoms with Crippen LogP contribution in [-0.2, 0) is 16.6 Å². The molecule has 2 rings (SSSR count). The van der Waals surface area contributed by atoms with Gasteiger partial charge in [-0.2, -0.15) is 0 Å². The maximum absolute atomic E-state index is 12.4. The fourth-order valence-electron chi connectivity index (χ4n) is 2.56. The first-order valence-electron chi connectivity index (χ1n) is 6.61. The molecular formula is C13H22N2O2S2. The molecule has 1 atom stereocenters. The van der Waals surface area contributed by atoms with Gasteiger partial charge < -0.3 is 5.32 Å². The highest BCUT2D eigenvalue weighted by molar-refractivity contribution is 7.91. The van der Waals surface area contributed by atoms with Gasteiger partial charge in [-0.1, -0.05) is 20.3 Å². The topological polar surface area (TPSA) is 58.2 Å². The lowest BCUT2D eigenvalue weighted by atomic mass is 9.88. The fraction of sp³-hybridized carbons (Fsp3) is 0.692. The Morgan fingerprint density at radius 1 is 1.42 bits per heavy atom. The molecule has 1 fully saturated rings. The Hall–Kier alpha value is -0.430. The second-order valence-corrected chi connectivity index (χ2v) is 8.91. The van der Waals surface area contributed by atoms with Gasteiger partial charge >= 0.3 is 0 Å². The maximum atomic E-state index is 12.4. The first kappa shape index (κ1) is 15.0. The van der Waals surface area contributed by atoms with Crippen LogP contribution in [0.25, 0.3) is 0 Å². The Bertz CT molecular complexity index is 535. The molecule has 0 spiro atoms. The van der Waals surface area contributed by atoms with Gasteiger partial charge in [0.2, 0.25) is 10.0 Å². The second-order valence-electron chi connectivity index (χ2n) is 5.81. The summed E-state index contributed by atoms with van der Waals surface area (Å²) in [5.74, 6) is 0. The highest BCUT2D eigenvalue weighted by atomic mass is 32.2. The Morgan fingerprint density at radius 2 is 2.16 bits per heavy atom. The highest BCUT2D eigenvalue weighted by Crippen LogP contribution is 2.38. The summed E-state index contributed by atoms with van der Waals surface area (Å²) in [6.45, 7) is 4.97. The van der Waals surface area contributed by atoms with Crippen LogP contribution < -0.4 is 10.0 Å². The third-order valence-corrected chi connectivity index (χ3v) is 6.86. The molecule has 1 unspecified atom stereocenters. The van der Waals surface area contributed by atoms with Crippen LogP contribution in [0.2, 0.25) is 0 Å². The summed E-state index contributed by atoms with van der Waals surface area (Å²) < 4.78 is 28.0. The molecule has 6 heteroatoms. The Balaban J connectivity index is 2.13. The summed E-state index contributed by atoms with van der Waals surface area (Å²) in [6, 6.07) is 3.62. The molecule has 108 valence electrons. The second kappa shape index (κ2) is 5.52. The van der Waals surface area contributed by atoms with Gasteiger partial charge in [-0.15, -0.1) is 11.3 Å². The Labute approximate surface area is 119 Å². The zero-order valence-electron chi connectivity index (χ0n) is 11.7. The van der Waals surface area contributed by atoms with E-state index in [1.807, 2.05) is 13.1 Å². The maximum Gasteiger partial charge on any atom is 0.250 e. The molecule has 0 aromatic carbocycles. The fourth-order valence-corrected chi connectivity index (χ4v) is 5.39. The number of nitrogens with one attached hydrogen (secondary N) is 2. The monoisotopic (exact) mass is 302 g/mol. The molecule has 0 bridgehead atoms. The molecule has 0 aliphatic heterocycles. The van der Waals surface area contributed by atoms with Crippen LogP contribution >= 0.6 is 11.3 Å². The van der Waals surface area contributed by atoms with Gasteiger partial charge in [0.25, 0.3) is 0 Å². The van der Waals surface area contributed by atoms with E-state index in [1.54, 1.807) is 6.07 Å². The van der Waals surface area contributed by atoms with E-state index in [2.05, 4.69) is 23.9 Å². The SMILES string of the molecule is CNCc1ccc(S(=O)(=O)NC2CCCC2(C)C)s1. The smallest absolute Gasteiger partial charge is 0.250 e. The molecule has 2 N–H and O–H groups in total. The highest BCUT2D eigenvalue weighted by Gasteiger charge is 2.37. The van der Waals surface area contributed by atoms with Gasteiger partial charge in [-0.3, -0.25) is 0 Å². The van der Waals surface area contributed by atoms with Crippen molar-refractivity contribution >= 4 is 21.4 Å². The molecule has 1 aliphatic rings. The van der Waals surface area contributed by atoms with E-state index in [1.165, 1.54) is 11.3 Å². The summed E-state index contributed by atoms with van der Waals surface area (Å²) in [4.78, 5) is 1.04. The van der Waals surface area contributed by atoms with Crippen LogP contribution in [0, 0.1) is 5.41 Å². The van der Waals surface area contributed by atoms with Crippen molar-refractivity contribution in [1.29, 1.82) is 0 Å². The van der Waals surface area contributed by atoms with Crippen LogP contribution in [0.4, 0.5) is 0 Å². The zero-order chi connectivity index (χ0) is 14.1. The van der Waals surface area contributed by atoms with Crippen molar-refractivity contribution in [2.24, 2.45) is 5.41 Å². The molecule has 1 aromatic heterocycles. The van der Waals surface area contributed by atoms with Crippen molar-refractivity contribution in [2.75, 3.05) is 7.05 Å². The van der Waals surface area contributed by atoms with Crippen molar-refractivity contribution in [1.82, 2.24) is 10.0 Å². The predicted octanol–water partition coefficient (Wildman–Crippen LogP) is 2.32. The number of rotatable bonds is 5. The Kier molecular flexibility index (Phi) is 4.35. The molecule has 19 heavy (non-hydrogen) atoms. The van der Waals surface area contributed by atoms with Gasteiger partial charge in [-0.05, 0) is 37.4 Å². The van der Waals surface area contributed by atoms with Crippen LogP contribution in [-0.4, -0.2) is 21.5 Å². The summed E-state index contributed by atoms with van der Waals surface area (Å²) in [5, 5.41) is 3.03. The van der Waals surface area contributed by atoms with Crippen LogP contribution in [0.1, 0.15) is 38.0 Å². The van der Waals surface area contributed by atoms with Crippen LogP contribution in [0.5, 0.6) is 0 Å². The van der Waals surface area contributed by atoms with Crippen molar-refractivity contribution in [3.05, 3.63) is 17.0 Å². The number of sulfonamides is 1. The summed E-state index contributed by atoms with van der Waals surface area (Å²) in [7, 11) is -1.52. The van der Waals surface area contributed by atoms with E-state index in [0.29, 0.717) is 10.8 Å². The molecule has 4 nitrogen and oxygen atoms in total.